The first-order valence-corrected chi connectivity index (χ1v) is 5.87. The van der Waals surface area contributed by atoms with Crippen molar-refractivity contribution >= 4 is 0 Å². The van der Waals surface area contributed by atoms with E-state index in [-0.39, 0.29) is 0 Å². The van der Waals surface area contributed by atoms with E-state index in [1.54, 1.807) is 0 Å². The highest BCUT2D eigenvalue weighted by molar-refractivity contribution is 4.73. The van der Waals surface area contributed by atoms with Gasteiger partial charge in [0, 0.05) is 38.9 Å². The maximum absolute atomic E-state index is 5.35. The molecule has 1 rings (SSSR count). The zero-order valence-electron chi connectivity index (χ0n) is 9.59. The summed E-state index contributed by atoms with van der Waals surface area (Å²) < 4.78 is 5.35. The normalized spacial score (nSPS) is 24.9. The summed E-state index contributed by atoms with van der Waals surface area (Å²) in [4.78, 5) is 2.57. The van der Waals surface area contributed by atoms with Crippen LogP contribution in [0.1, 0.15) is 26.7 Å². The van der Waals surface area contributed by atoms with Crippen LogP contribution >= 0.6 is 0 Å². The predicted molar refractivity (Wildman–Crippen MR) is 59.6 cm³/mol. The van der Waals surface area contributed by atoms with Crippen molar-refractivity contribution in [2.75, 3.05) is 39.4 Å². The molecule has 0 saturated carbocycles. The topological polar surface area (TPSA) is 24.5 Å². The molecule has 1 N–H and O–H groups in total. The van der Waals surface area contributed by atoms with Gasteiger partial charge in [0.1, 0.15) is 0 Å². The van der Waals surface area contributed by atoms with Gasteiger partial charge < -0.3 is 10.1 Å². The largest absolute Gasteiger partial charge is 0.382 e. The van der Waals surface area contributed by atoms with Gasteiger partial charge in [0.15, 0.2) is 0 Å². The van der Waals surface area contributed by atoms with Crippen LogP contribution in [0, 0.1) is 0 Å². The molecule has 1 aliphatic rings. The van der Waals surface area contributed by atoms with Gasteiger partial charge in [0.05, 0.1) is 0 Å². The third kappa shape index (κ3) is 4.40. The molecule has 3 nitrogen and oxygen atoms in total. The molecule has 1 unspecified atom stereocenters. The Hall–Kier alpha value is -0.120. The highest BCUT2D eigenvalue weighted by Gasteiger charge is 2.15. The second-order valence-electron chi connectivity index (χ2n) is 3.97. The lowest BCUT2D eigenvalue weighted by atomic mass is 10.2. The van der Waals surface area contributed by atoms with E-state index in [0.717, 1.165) is 32.2 Å². The average molecular weight is 200 g/mol. The molecule has 0 aromatic carbocycles. The summed E-state index contributed by atoms with van der Waals surface area (Å²) in [6.45, 7) is 10.8. The van der Waals surface area contributed by atoms with Crippen molar-refractivity contribution in [3.05, 3.63) is 0 Å². The molecule has 0 spiro atoms. The Balaban J connectivity index is 2.13. The molecule has 0 aliphatic carbocycles. The van der Waals surface area contributed by atoms with Crippen molar-refractivity contribution in [3.63, 3.8) is 0 Å². The number of nitrogens with one attached hydrogen (secondary N) is 1. The Morgan fingerprint density at radius 2 is 2.29 bits per heavy atom. The lowest BCUT2D eigenvalue weighted by molar-refractivity contribution is 0.125. The van der Waals surface area contributed by atoms with E-state index in [0.29, 0.717) is 0 Å². The standard InChI is InChI=1S/C11H24N2O/c1-3-14-10-4-8-13-9-7-12-6-5-11(13)2/h11-12H,3-10H2,1-2H3. The van der Waals surface area contributed by atoms with Crippen molar-refractivity contribution < 1.29 is 4.74 Å². The molecule has 14 heavy (non-hydrogen) atoms. The lowest BCUT2D eigenvalue weighted by Gasteiger charge is -2.26. The summed E-state index contributed by atoms with van der Waals surface area (Å²) in [6.07, 6.45) is 2.44. The van der Waals surface area contributed by atoms with E-state index >= 15 is 0 Å². The molecule has 3 heteroatoms. The van der Waals surface area contributed by atoms with Crippen LogP contribution < -0.4 is 5.32 Å². The lowest BCUT2D eigenvalue weighted by Crippen LogP contribution is -2.35. The van der Waals surface area contributed by atoms with Gasteiger partial charge >= 0.3 is 0 Å². The predicted octanol–water partition coefficient (Wildman–Crippen LogP) is 1.10. The van der Waals surface area contributed by atoms with Crippen LogP contribution in [0.3, 0.4) is 0 Å². The number of rotatable bonds is 5. The van der Waals surface area contributed by atoms with Gasteiger partial charge in [-0.15, -0.1) is 0 Å². The molecule has 0 radical (unpaired) electrons. The van der Waals surface area contributed by atoms with Gasteiger partial charge in [-0.05, 0) is 33.2 Å². The first-order valence-electron chi connectivity index (χ1n) is 5.87. The maximum Gasteiger partial charge on any atom is 0.0478 e. The maximum atomic E-state index is 5.35. The summed E-state index contributed by atoms with van der Waals surface area (Å²) >= 11 is 0. The van der Waals surface area contributed by atoms with Crippen molar-refractivity contribution in [2.45, 2.75) is 32.7 Å². The molecule has 0 bridgehead atoms. The van der Waals surface area contributed by atoms with E-state index in [2.05, 4.69) is 24.1 Å². The van der Waals surface area contributed by atoms with Crippen molar-refractivity contribution in [3.8, 4) is 0 Å². The second kappa shape index (κ2) is 7.21. The van der Waals surface area contributed by atoms with Crippen LogP contribution in [0.4, 0.5) is 0 Å². The Morgan fingerprint density at radius 3 is 3.07 bits per heavy atom. The summed E-state index contributed by atoms with van der Waals surface area (Å²) in [5, 5.41) is 3.44. The summed E-state index contributed by atoms with van der Waals surface area (Å²) in [5.41, 5.74) is 0. The van der Waals surface area contributed by atoms with Crippen molar-refractivity contribution in [1.82, 2.24) is 10.2 Å². The molecule has 1 fully saturated rings. The highest BCUT2D eigenvalue weighted by atomic mass is 16.5. The zero-order valence-corrected chi connectivity index (χ0v) is 9.59. The monoisotopic (exact) mass is 200 g/mol. The third-order valence-electron chi connectivity index (χ3n) is 2.88. The van der Waals surface area contributed by atoms with E-state index in [1.807, 2.05) is 0 Å². The summed E-state index contributed by atoms with van der Waals surface area (Å²) in [5.74, 6) is 0. The van der Waals surface area contributed by atoms with E-state index in [9.17, 15) is 0 Å². The van der Waals surface area contributed by atoms with Gasteiger partial charge in [0.2, 0.25) is 0 Å². The van der Waals surface area contributed by atoms with Crippen LogP contribution in [0.25, 0.3) is 0 Å². The quantitative estimate of drug-likeness (QED) is 0.673. The molecule has 1 heterocycles. The summed E-state index contributed by atoms with van der Waals surface area (Å²) in [6, 6.07) is 0.728. The number of nitrogens with zero attached hydrogens (tertiary/aromatic N) is 1. The fourth-order valence-corrected chi connectivity index (χ4v) is 1.91. The SMILES string of the molecule is CCOCCCN1CCNCCC1C. The molecule has 84 valence electrons. The Morgan fingerprint density at radius 1 is 1.43 bits per heavy atom. The smallest absolute Gasteiger partial charge is 0.0478 e. The Bertz CT molecular complexity index is 141. The van der Waals surface area contributed by atoms with Crippen LogP contribution in [0.2, 0.25) is 0 Å². The minimum atomic E-state index is 0.728. The van der Waals surface area contributed by atoms with Crippen molar-refractivity contribution in [1.29, 1.82) is 0 Å². The molecular formula is C11H24N2O. The first kappa shape index (κ1) is 12.0. The van der Waals surface area contributed by atoms with Crippen LogP contribution in [-0.4, -0.2) is 50.3 Å². The average Bonchev–Trinajstić information content (AvgIpc) is 2.39. The van der Waals surface area contributed by atoms with E-state index in [1.165, 1.54) is 26.1 Å². The molecule has 0 amide bonds. The van der Waals surface area contributed by atoms with Gasteiger partial charge in [-0.1, -0.05) is 0 Å². The van der Waals surface area contributed by atoms with Crippen LogP contribution in [0.15, 0.2) is 0 Å². The Labute approximate surface area is 87.8 Å². The van der Waals surface area contributed by atoms with Gasteiger partial charge in [-0.3, -0.25) is 4.90 Å². The number of hydrogen-bond donors (Lipinski definition) is 1. The number of hydrogen-bond acceptors (Lipinski definition) is 3. The van der Waals surface area contributed by atoms with Gasteiger partial charge in [0.25, 0.3) is 0 Å². The summed E-state index contributed by atoms with van der Waals surface area (Å²) in [7, 11) is 0. The number of ether oxygens (including phenoxy) is 1. The molecular weight excluding hydrogens is 176 g/mol. The van der Waals surface area contributed by atoms with E-state index in [4.69, 9.17) is 4.74 Å². The molecule has 1 atom stereocenters. The van der Waals surface area contributed by atoms with E-state index < -0.39 is 0 Å². The second-order valence-corrected chi connectivity index (χ2v) is 3.97. The molecule has 1 saturated heterocycles. The molecule has 0 aromatic heterocycles. The fraction of sp³-hybridized carbons (Fsp3) is 1.00. The van der Waals surface area contributed by atoms with Gasteiger partial charge in [-0.25, -0.2) is 0 Å². The molecule has 0 aromatic rings. The minimum absolute atomic E-state index is 0.728. The highest BCUT2D eigenvalue weighted by Crippen LogP contribution is 2.06. The van der Waals surface area contributed by atoms with Crippen LogP contribution in [0.5, 0.6) is 0 Å². The zero-order chi connectivity index (χ0) is 10.2. The van der Waals surface area contributed by atoms with Crippen LogP contribution in [-0.2, 0) is 4.74 Å². The van der Waals surface area contributed by atoms with Gasteiger partial charge in [-0.2, -0.15) is 0 Å². The minimum Gasteiger partial charge on any atom is -0.382 e. The fourth-order valence-electron chi connectivity index (χ4n) is 1.91. The Kier molecular flexibility index (Phi) is 6.15. The molecule has 1 aliphatic heterocycles. The van der Waals surface area contributed by atoms with Crippen molar-refractivity contribution in [2.24, 2.45) is 0 Å². The first-order chi connectivity index (χ1) is 6.84. The third-order valence-corrected chi connectivity index (χ3v) is 2.88.